The lowest BCUT2D eigenvalue weighted by Gasteiger charge is -2.17. The number of para-hydroxylation sites is 1. The molecule has 4 nitrogen and oxygen atoms in total. The molecule has 1 unspecified atom stereocenters. The van der Waals surface area contributed by atoms with Gasteiger partial charge in [-0.05, 0) is 20.0 Å². The molecule has 0 spiro atoms. The SMILES string of the molecule is C#CCNC(=O)C(C)Oc1c(F)cccc1CNC. The molecule has 0 aliphatic rings. The van der Waals surface area contributed by atoms with E-state index < -0.39 is 11.9 Å². The van der Waals surface area contributed by atoms with Gasteiger partial charge in [0.15, 0.2) is 17.7 Å². The Labute approximate surface area is 112 Å². The summed E-state index contributed by atoms with van der Waals surface area (Å²) < 4.78 is 19.1. The zero-order valence-electron chi connectivity index (χ0n) is 11.0. The van der Waals surface area contributed by atoms with Gasteiger partial charge in [-0.2, -0.15) is 0 Å². The van der Waals surface area contributed by atoms with Gasteiger partial charge in [0.2, 0.25) is 0 Å². The van der Waals surface area contributed by atoms with Crippen molar-refractivity contribution in [2.24, 2.45) is 0 Å². The predicted molar refractivity (Wildman–Crippen MR) is 71.1 cm³/mol. The Bertz CT molecular complexity index is 483. The maximum absolute atomic E-state index is 13.7. The summed E-state index contributed by atoms with van der Waals surface area (Å²) in [5.41, 5.74) is 0.652. The molecule has 0 aliphatic heterocycles. The predicted octanol–water partition coefficient (Wildman–Crippen LogP) is 1.06. The fourth-order valence-corrected chi connectivity index (χ4v) is 1.53. The summed E-state index contributed by atoms with van der Waals surface area (Å²) in [6.45, 7) is 2.11. The van der Waals surface area contributed by atoms with Crippen molar-refractivity contribution in [2.75, 3.05) is 13.6 Å². The van der Waals surface area contributed by atoms with Crippen molar-refractivity contribution in [1.29, 1.82) is 0 Å². The summed E-state index contributed by atoms with van der Waals surface area (Å²) in [5, 5.41) is 5.40. The molecule has 0 bridgehead atoms. The van der Waals surface area contributed by atoms with E-state index in [-0.39, 0.29) is 18.2 Å². The van der Waals surface area contributed by atoms with E-state index in [1.165, 1.54) is 6.07 Å². The van der Waals surface area contributed by atoms with Crippen LogP contribution < -0.4 is 15.4 Å². The Kier molecular flexibility index (Phi) is 5.83. The zero-order valence-corrected chi connectivity index (χ0v) is 11.0. The molecular weight excluding hydrogens is 247 g/mol. The van der Waals surface area contributed by atoms with Gasteiger partial charge in [0.1, 0.15) is 0 Å². The fraction of sp³-hybridized carbons (Fsp3) is 0.357. The highest BCUT2D eigenvalue weighted by molar-refractivity contribution is 5.80. The lowest BCUT2D eigenvalue weighted by atomic mass is 10.2. The summed E-state index contributed by atoms with van der Waals surface area (Å²) >= 11 is 0. The van der Waals surface area contributed by atoms with Crippen LogP contribution in [0.4, 0.5) is 4.39 Å². The minimum Gasteiger partial charge on any atom is -0.477 e. The normalized spacial score (nSPS) is 11.5. The van der Waals surface area contributed by atoms with Crippen molar-refractivity contribution in [3.8, 4) is 18.1 Å². The zero-order chi connectivity index (χ0) is 14.3. The average Bonchev–Trinajstić information content (AvgIpc) is 2.40. The van der Waals surface area contributed by atoms with Crippen molar-refractivity contribution in [1.82, 2.24) is 10.6 Å². The molecule has 1 atom stereocenters. The first-order chi connectivity index (χ1) is 9.10. The molecule has 1 aromatic carbocycles. The molecule has 1 amide bonds. The van der Waals surface area contributed by atoms with Crippen LogP contribution in [0.2, 0.25) is 0 Å². The molecule has 19 heavy (non-hydrogen) atoms. The first kappa shape index (κ1) is 15.0. The highest BCUT2D eigenvalue weighted by Crippen LogP contribution is 2.23. The van der Waals surface area contributed by atoms with E-state index in [4.69, 9.17) is 11.2 Å². The Hall–Kier alpha value is -2.06. The lowest BCUT2D eigenvalue weighted by Crippen LogP contribution is -2.36. The number of ether oxygens (including phenoxy) is 1. The van der Waals surface area contributed by atoms with E-state index in [0.717, 1.165) is 0 Å². The smallest absolute Gasteiger partial charge is 0.261 e. The van der Waals surface area contributed by atoms with Crippen LogP contribution >= 0.6 is 0 Å². The van der Waals surface area contributed by atoms with E-state index in [1.54, 1.807) is 26.1 Å². The van der Waals surface area contributed by atoms with Crippen LogP contribution in [0.1, 0.15) is 12.5 Å². The minimum absolute atomic E-state index is 0.0835. The second-order valence-corrected chi connectivity index (χ2v) is 3.94. The van der Waals surface area contributed by atoms with E-state index in [2.05, 4.69) is 16.6 Å². The lowest BCUT2D eigenvalue weighted by molar-refractivity contribution is -0.127. The van der Waals surface area contributed by atoms with Gasteiger partial charge >= 0.3 is 0 Å². The van der Waals surface area contributed by atoms with Crippen molar-refractivity contribution in [3.63, 3.8) is 0 Å². The summed E-state index contributed by atoms with van der Waals surface area (Å²) in [7, 11) is 1.75. The molecule has 5 heteroatoms. The molecule has 102 valence electrons. The number of carbonyl (C=O) groups is 1. The Balaban J connectivity index is 2.81. The van der Waals surface area contributed by atoms with E-state index >= 15 is 0 Å². The Morgan fingerprint density at radius 3 is 2.95 bits per heavy atom. The third kappa shape index (κ3) is 4.27. The minimum atomic E-state index is -0.819. The number of hydrogen-bond acceptors (Lipinski definition) is 3. The van der Waals surface area contributed by atoms with Crippen molar-refractivity contribution >= 4 is 5.91 Å². The summed E-state index contributed by atoms with van der Waals surface area (Å²) in [5.74, 6) is 1.50. The van der Waals surface area contributed by atoms with Crippen LogP contribution in [0.25, 0.3) is 0 Å². The van der Waals surface area contributed by atoms with Crippen molar-refractivity contribution < 1.29 is 13.9 Å². The van der Waals surface area contributed by atoms with Crippen LogP contribution in [0.5, 0.6) is 5.75 Å². The summed E-state index contributed by atoms with van der Waals surface area (Å²) in [6.07, 6.45) is 4.22. The number of terminal acetylenes is 1. The monoisotopic (exact) mass is 264 g/mol. The molecule has 0 aliphatic carbocycles. The van der Waals surface area contributed by atoms with Crippen LogP contribution in [0.15, 0.2) is 18.2 Å². The van der Waals surface area contributed by atoms with Crippen LogP contribution in [-0.4, -0.2) is 25.6 Å². The van der Waals surface area contributed by atoms with Gasteiger partial charge in [-0.1, -0.05) is 18.1 Å². The second kappa shape index (κ2) is 7.39. The molecule has 0 saturated carbocycles. The number of benzene rings is 1. The molecule has 0 heterocycles. The molecule has 0 saturated heterocycles. The van der Waals surface area contributed by atoms with Gasteiger partial charge in [-0.15, -0.1) is 6.42 Å². The fourth-order valence-electron chi connectivity index (χ4n) is 1.53. The highest BCUT2D eigenvalue weighted by atomic mass is 19.1. The highest BCUT2D eigenvalue weighted by Gasteiger charge is 2.18. The number of hydrogen-bond donors (Lipinski definition) is 2. The quantitative estimate of drug-likeness (QED) is 0.755. The second-order valence-electron chi connectivity index (χ2n) is 3.94. The standard InChI is InChI=1S/C14H17FN2O2/c1-4-8-17-14(18)10(2)19-13-11(9-16-3)6-5-7-12(13)15/h1,5-7,10,16H,8-9H2,2-3H3,(H,17,18). The van der Waals surface area contributed by atoms with E-state index in [1.807, 2.05) is 0 Å². The summed E-state index contributed by atoms with van der Waals surface area (Å²) in [4.78, 5) is 11.6. The Morgan fingerprint density at radius 2 is 2.32 bits per heavy atom. The molecule has 0 aromatic heterocycles. The molecule has 0 radical (unpaired) electrons. The third-order valence-corrected chi connectivity index (χ3v) is 2.44. The topological polar surface area (TPSA) is 50.4 Å². The van der Waals surface area contributed by atoms with Gasteiger partial charge < -0.3 is 15.4 Å². The maximum atomic E-state index is 13.7. The van der Waals surface area contributed by atoms with Crippen LogP contribution in [0.3, 0.4) is 0 Å². The first-order valence-corrected chi connectivity index (χ1v) is 5.90. The summed E-state index contributed by atoms with van der Waals surface area (Å²) in [6, 6.07) is 4.62. The van der Waals surface area contributed by atoms with Gasteiger partial charge in [-0.3, -0.25) is 4.79 Å². The van der Waals surface area contributed by atoms with Crippen LogP contribution in [0, 0.1) is 18.2 Å². The van der Waals surface area contributed by atoms with Crippen LogP contribution in [-0.2, 0) is 11.3 Å². The average molecular weight is 264 g/mol. The molecule has 0 fully saturated rings. The van der Waals surface area contributed by atoms with E-state index in [9.17, 15) is 9.18 Å². The number of amides is 1. The molecule has 1 rings (SSSR count). The van der Waals surface area contributed by atoms with Crippen molar-refractivity contribution in [3.05, 3.63) is 29.6 Å². The van der Waals surface area contributed by atoms with Gasteiger partial charge in [0, 0.05) is 12.1 Å². The number of rotatable bonds is 6. The number of nitrogens with one attached hydrogen (secondary N) is 2. The van der Waals surface area contributed by atoms with E-state index in [0.29, 0.717) is 12.1 Å². The third-order valence-electron chi connectivity index (χ3n) is 2.44. The van der Waals surface area contributed by atoms with Crippen molar-refractivity contribution in [2.45, 2.75) is 19.6 Å². The number of carbonyl (C=O) groups excluding carboxylic acids is 1. The first-order valence-electron chi connectivity index (χ1n) is 5.90. The maximum Gasteiger partial charge on any atom is 0.261 e. The largest absolute Gasteiger partial charge is 0.477 e. The molecule has 2 N–H and O–H groups in total. The Morgan fingerprint density at radius 1 is 1.58 bits per heavy atom. The van der Waals surface area contributed by atoms with Gasteiger partial charge in [0.05, 0.1) is 6.54 Å². The van der Waals surface area contributed by atoms with Gasteiger partial charge in [-0.25, -0.2) is 4.39 Å². The molecule has 1 aromatic rings. The number of halogens is 1. The van der Waals surface area contributed by atoms with Gasteiger partial charge in [0.25, 0.3) is 5.91 Å². The molecular formula is C14H17FN2O2.